The summed E-state index contributed by atoms with van der Waals surface area (Å²) in [6, 6.07) is 5.01. The summed E-state index contributed by atoms with van der Waals surface area (Å²) < 4.78 is 9.65. The number of ketones is 1. The Morgan fingerprint density at radius 2 is 1.73 bits per heavy atom. The third-order valence-electron chi connectivity index (χ3n) is 2.96. The molecule has 1 aromatic carbocycles. The van der Waals surface area contributed by atoms with E-state index in [0.29, 0.717) is 11.3 Å². The molecular formula is C14H10INO6. The first kappa shape index (κ1) is 16.1. The van der Waals surface area contributed by atoms with Crippen LogP contribution < -0.4 is 5.32 Å². The zero-order chi connectivity index (χ0) is 16.4. The fourth-order valence-corrected chi connectivity index (χ4v) is 2.48. The fourth-order valence-electron chi connectivity index (χ4n) is 1.99. The van der Waals surface area contributed by atoms with E-state index in [9.17, 15) is 19.2 Å². The number of ether oxygens (including phenoxy) is 2. The van der Waals surface area contributed by atoms with Gasteiger partial charge in [-0.2, -0.15) is 0 Å². The zero-order valence-electron chi connectivity index (χ0n) is 11.6. The summed E-state index contributed by atoms with van der Waals surface area (Å²) in [6.45, 7) is 0. The van der Waals surface area contributed by atoms with Gasteiger partial charge in [0, 0.05) is 14.8 Å². The van der Waals surface area contributed by atoms with Crippen LogP contribution in [0.4, 0.5) is 5.69 Å². The number of benzene rings is 1. The van der Waals surface area contributed by atoms with Crippen molar-refractivity contribution in [1.29, 1.82) is 0 Å². The first-order valence-corrected chi connectivity index (χ1v) is 7.05. The monoisotopic (exact) mass is 415 g/mol. The lowest BCUT2D eigenvalue weighted by Gasteiger charge is -2.07. The molecule has 1 heterocycles. The Labute approximate surface area is 138 Å². The molecule has 0 aliphatic carbocycles. The minimum atomic E-state index is -1.25. The summed E-state index contributed by atoms with van der Waals surface area (Å²) in [5.41, 5.74) is -0.0441. The van der Waals surface area contributed by atoms with Gasteiger partial charge in [0.25, 0.3) is 11.7 Å². The van der Waals surface area contributed by atoms with Crippen LogP contribution in [-0.2, 0) is 28.7 Å². The van der Waals surface area contributed by atoms with Crippen molar-refractivity contribution < 1.29 is 28.7 Å². The van der Waals surface area contributed by atoms with Gasteiger partial charge < -0.3 is 14.8 Å². The number of nitrogens with one attached hydrogen (secondary N) is 1. The third kappa shape index (κ3) is 2.73. The first-order chi connectivity index (χ1) is 10.4. The molecule has 7 nitrogen and oxygen atoms in total. The number of esters is 2. The van der Waals surface area contributed by atoms with Gasteiger partial charge >= 0.3 is 11.9 Å². The molecule has 8 heteroatoms. The lowest BCUT2D eigenvalue weighted by Crippen LogP contribution is -2.26. The van der Waals surface area contributed by atoms with E-state index in [1.54, 1.807) is 18.2 Å². The van der Waals surface area contributed by atoms with Crippen LogP contribution in [0.3, 0.4) is 0 Å². The molecule has 0 aromatic heterocycles. The highest BCUT2D eigenvalue weighted by molar-refractivity contribution is 14.1. The second-order valence-corrected chi connectivity index (χ2v) is 5.45. The Morgan fingerprint density at radius 1 is 1.09 bits per heavy atom. The van der Waals surface area contributed by atoms with Gasteiger partial charge in [0.05, 0.1) is 19.8 Å². The fraction of sp³-hybridized carbons (Fsp3) is 0.143. The highest BCUT2D eigenvalue weighted by Gasteiger charge is 2.37. The van der Waals surface area contributed by atoms with Crippen LogP contribution in [0, 0.1) is 3.57 Å². The van der Waals surface area contributed by atoms with E-state index in [4.69, 9.17) is 0 Å². The molecule has 0 radical (unpaired) electrons. The SMILES string of the molecule is COC(=O)C(=O)/C(C(=O)OC)=C1\C(=O)Nc2ccc(I)cc21. The second kappa shape index (κ2) is 6.26. The predicted octanol–water partition coefficient (Wildman–Crippen LogP) is 0.912. The van der Waals surface area contributed by atoms with E-state index in [0.717, 1.165) is 17.8 Å². The summed E-state index contributed by atoms with van der Waals surface area (Å²) in [4.78, 5) is 47.6. The van der Waals surface area contributed by atoms with Gasteiger partial charge in [-0.25, -0.2) is 9.59 Å². The van der Waals surface area contributed by atoms with Crippen LogP contribution in [0.5, 0.6) is 0 Å². The highest BCUT2D eigenvalue weighted by Crippen LogP contribution is 2.35. The minimum Gasteiger partial charge on any atom is -0.465 e. The quantitative estimate of drug-likeness (QED) is 0.197. The molecule has 0 atom stereocenters. The molecule has 1 aliphatic rings. The lowest BCUT2D eigenvalue weighted by molar-refractivity contribution is -0.151. The molecule has 2 rings (SSSR count). The summed E-state index contributed by atoms with van der Waals surface area (Å²) in [5.74, 6) is -4.21. The van der Waals surface area contributed by atoms with Gasteiger partial charge in [0.1, 0.15) is 5.57 Å². The first-order valence-electron chi connectivity index (χ1n) is 5.97. The van der Waals surface area contributed by atoms with Crippen LogP contribution in [0.15, 0.2) is 23.8 Å². The predicted molar refractivity (Wildman–Crippen MR) is 83.7 cm³/mol. The van der Waals surface area contributed by atoms with E-state index in [1.807, 2.05) is 22.6 Å². The van der Waals surface area contributed by atoms with Crippen LogP contribution >= 0.6 is 22.6 Å². The van der Waals surface area contributed by atoms with Gasteiger partial charge in [0.2, 0.25) is 0 Å². The molecule has 0 saturated carbocycles. The number of hydrogen-bond donors (Lipinski definition) is 1. The molecule has 1 amide bonds. The Kier molecular flexibility index (Phi) is 4.59. The molecule has 0 fully saturated rings. The Balaban J connectivity index is 2.73. The van der Waals surface area contributed by atoms with Gasteiger partial charge in [-0.3, -0.25) is 9.59 Å². The summed E-state index contributed by atoms with van der Waals surface area (Å²) in [5, 5.41) is 2.53. The standard InChI is InChI=1S/C14H10INO6/c1-21-13(19)10(11(17)14(20)22-2)9-7-5-6(15)3-4-8(7)16-12(9)18/h3-5H,1-2H3,(H,16,18)/b10-9+. The average molecular weight is 415 g/mol. The molecule has 0 saturated heterocycles. The number of hydrogen-bond acceptors (Lipinski definition) is 6. The number of carbonyl (C=O) groups is 4. The van der Waals surface area contributed by atoms with Crippen molar-refractivity contribution in [3.8, 4) is 0 Å². The largest absolute Gasteiger partial charge is 0.465 e. The number of rotatable bonds is 3. The Bertz CT molecular complexity index is 737. The molecule has 0 bridgehead atoms. The lowest BCUT2D eigenvalue weighted by atomic mass is 9.98. The van der Waals surface area contributed by atoms with Crippen molar-refractivity contribution in [2.75, 3.05) is 19.5 Å². The van der Waals surface area contributed by atoms with E-state index < -0.39 is 29.2 Å². The van der Waals surface area contributed by atoms with Gasteiger partial charge in [-0.1, -0.05) is 0 Å². The van der Waals surface area contributed by atoms with E-state index >= 15 is 0 Å². The summed E-state index contributed by atoms with van der Waals surface area (Å²) >= 11 is 2.02. The number of fused-ring (bicyclic) bond motifs is 1. The molecule has 114 valence electrons. The molecule has 1 aliphatic heterocycles. The van der Waals surface area contributed by atoms with Crippen LogP contribution in [0.25, 0.3) is 5.57 Å². The maximum absolute atomic E-state index is 12.1. The molecular weight excluding hydrogens is 405 g/mol. The minimum absolute atomic E-state index is 0.198. The van der Waals surface area contributed by atoms with E-state index in [-0.39, 0.29) is 5.57 Å². The molecule has 1 aromatic rings. The van der Waals surface area contributed by atoms with Crippen LogP contribution in [-0.4, -0.2) is 37.8 Å². The maximum atomic E-state index is 12.1. The third-order valence-corrected chi connectivity index (χ3v) is 3.63. The molecule has 22 heavy (non-hydrogen) atoms. The van der Waals surface area contributed by atoms with Gasteiger partial charge in [-0.05, 0) is 40.8 Å². The normalized spacial score (nSPS) is 14.8. The topological polar surface area (TPSA) is 98.8 Å². The summed E-state index contributed by atoms with van der Waals surface area (Å²) in [7, 11) is 2.06. The highest BCUT2D eigenvalue weighted by atomic mass is 127. The number of halogens is 1. The Hall–Kier alpha value is -2.23. The van der Waals surface area contributed by atoms with Crippen molar-refractivity contribution in [3.05, 3.63) is 32.9 Å². The summed E-state index contributed by atoms with van der Waals surface area (Å²) in [6.07, 6.45) is 0. The van der Waals surface area contributed by atoms with E-state index in [2.05, 4.69) is 14.8 Å². The number of anilines is 1. The average Bonchev–Trinajstić information content (AvgIpc) is 2.82. The smallest absolute Gasteiger partial charge is 0.379 e. The van der Waals surface area contributed by atoms with Gasteiger partial charge in [0.15, 0.2) is 0 Å². The van der Waals surface area contributed by atoms with Crippen molar-refractivity contribution in [3.63, 3.8) is 0 Å². The Morgan fingerprint density at radius 3 is 2.32 bits per heavy atom. The van der Waals surface area contributed by atoms with Gasteiger partial charge in [-0.15, -0.1) is 0 Å². The molecule has 1 N–H and O–H groups in total. The number of amides is 1. The van der Waals surface area contributed by atoms with Crippen LogP contribution in [0.1, 0.15) is 5.56 Å². The van der Waals surface area contributed by atoms with Crippen molar-refractivity contribution in [2.45, 2.75) is 0 Å². The molecule has 0 unspecified atom stereocenters. The van der Waals surface area contributed by atoms with E-state index in [1.165, 1.54) is 0 Å². The number of carbonyl (C=O) groups excluding carboxylic acids is 4. The van der Waals surface area contributed by atoms with Crippen molar-refractivity contribution in [1.82, 2.24) is 0 Å². The van der Waals surface area contributed by atoms with Crippen LogP contribution in [0.2, 0.25) is 0 Å². The maximum Gasteiger partial charge on any atom is 0.379 e. The number of methoxy groups -OCH3 is 2. The van der Waals surface area contributed by atoms with Crippen molar-refractivity contribution in [2.24, 2.45) is 0 Å². The molecule has 0 spiro atoms. The number of Topliss-reactive ketones (excluding diaryl/α,β-unsaturated/α-hetero) is 1. The van der Waals surface area contributed by atoms with Crippen molar-refractivity contribution >= 4 is 57.5 Å². The zero-order valence-corrected chi connectivity index (χ0v) is 13.7. The second-order valence-electron chi connectivity index (χ2n) is 4.21.